The molecule has 0 radical (unpaired) electrons. The molecule has 134 valence electrons. The second kappa shape index (κ2) is 8.75. The number of hydrogen-bond donors (Lipinski definition) is 1. The van der Waals surface area contributed by atoms with Gasteiger partial charge in [-0.1, -0.05) is 70.2 Å². The summed E-state index contributed by atoms with van der Waals surface area (Å²) in [6.45, 7) is 14.2. The zero-order chi connectivity index (χ0) is 18.4. The minimum absolute atomic E-state index is 0.553. The first-order valence-electron chi connectivity index (χ1n) is 9.23. The van der Waals surface area contributed by atoms with Crippen molar-refractivity contribution in [3.05, 3.63) is 77.1 Å². The van der Waals surface area contributed by atoms with E-state index in [4.69, 9.17) is 0 Å². The lowest BCUT2D eigenvalue weighted by Crippen LogP contribution is -2.22. The van der Waals surface area contributed by atoms with Crippen molar-refractivity contribution >= 4 is 5.69 Å². The zero-order valence-electron chi connectivity index (χ0n) is 16.5. The molecule has 3 rings (SSSR count). The largest absolute Gasteiger partial charge is 0.372 e. The maximum Gasteiger partial charge on any atom is 0.0916 e. The van der Waals surface area contributed by atoms with E-state index in [2.05, 4.69) is 100 Å². The van der Waals surface area contributed by atoms with Crippen LogP contribution in [0.4, 0.5) is 5.69 Å². The molecule has 0 aliphatic carbocycles. The first-order chi connectivity index (χ1) is 11.9. The molecule has 0 atom stereocenters. The Labute approximate surface area is 153 Å². The summed E-state index contributed by atoms with van der Waals surface area (Å²) in [6.07, 6.45) is 4.15. The average Bonchev–Trinajstić information content (AvgIpc) is 3.11. The van der Waals surface area contributed by atoms with E-state index in [1.165, 1.54) is 27.9 Å². The van der Waals surface area contributed by atoms with Crippen molar-refractivity contribution in [2.24, 2.45) is 0 Å². The van der Waals surface area contributed by atoms with Gasteiger partial charge in [0.25, 0.3) is 0 Å². The van der Waals surface area contributed by atoms with Gasteiger partial charge in [-0.15, -0.1) is 0 Å². The molecule has 2 heteroatoms. The van der Waals surface area contributed by atoms with Gasteiger partial charge >= 0.3 is 0 Å². The standard InChI is InChI=1S/C15H22N2.C8H10/c1-11(2)13-6-5-7-14(12(3)4)15(13)17-9-8-16-10-17;1-7-5-3-4-6-8(7)2/h5-9,11-12,16H,10H2,1-4H3;3-6H,1-2H3. The van der Waals surface area contributed by atoms with E-state index in [9.17, 15) is 0 Å². The van der Waals surface area contributed by atoms with Gasteiger partial charge in [0.2, 0.25) is 0 Å². The molecule has 1 aliphatic heterocycles. The third kappa shape index (κ3) is 4.88. The Morgan fingerprint density at radius 3 is 1.68 bits per heavy atom. The van der Waals surface area contributed by atoms with Crippen LogP contribution in [-0.4, -0.2) is 6.67 Å². The lowest BCUT2D eigenvalue weighted by atomic mass is 9.92. The van der Waals surface area contributed by atoms with E-state index in [1.807, 2.05) is 6.20 Å². The van der Waals surface area contributed by atoms with Crippen LogP contribution in [-0.2, 0) is 0 Å². The molecule has 0 aromatic heterocycles. The Kier molecular flexibility index (Phi) is 6.69. The van der Waals surface area contributed by atoms with E-state index in [1.54, 1.807) is 0 Å². The molecule has 0 amide bonds. The van der Waals surface area contributed by atoms with Gasteiger partial charge in [-0.05, 0) is 47.9 Å². The fourth-order valence-corrected chi connectivity index (χ4v) is 3.01. The minimum atomic E-state index is 0.553. The molecule has 1 heterocycles. The van der Waals surface area contributed by atoms with Crippen LogP contribution in [0.25, 0.3) is 0 Å². The van der Waals surface area contributed by atoms with Crippen LogP contribution in [0.5, 0.6) is 0 Å². The molecule has 0 fully saturated rings. The molecule has 2 aromatic rings. The zero-order valence-corrected chi connectivity index (χ0v) is 16.5. The number of hydrogen-bond acceptors (Lipinski definition) is 2. The SMILES string of the molecule is CC(C)c1cccc(C(C)C)c1N1C=CNC1.Cc1ccccc1C. The molecule has 1 N–H and O–H groups in total. The molecule has 25 heavy (non-hydrogen) atoms. The van der Waals surface area contributed by atoms with Crippen LogP contribution in [0.2, 0.25) is 0 Å². The minimum Gasteiger partial charge on any atom is -0.372 e. The number of anilines is 1. The molecule has 2 nitrogen and oxygen atoms in total. The number of benzene rings is 2. The highest BCUT2D eigenvalue weighted by atomic mass is 15.2. The van der Waals surface area contributed by atoms with Gasteiger partial charge < -0.3 is 10.2 Å². The second-order valence-corrected chi connectivity index (χ2v) is 7.33. The van der Waals surface area contributed by atoms with Crippen molar-refractivity contribution in [3.63, 3.8) is 0 Å². The van der Waals surface area contributed by atoms with E-state index >= 15 is 0 Å². The fraction of sp³-hybridized carbons (Fsp3) is 0.391. The van der Waals surface area contributed by atoms with Crippen LogP contribution in [0.15, 0.2) is 54.9 Å². The summed E-state index contributed by atoms with van der Waals surface area (Å²) in [5.74, 6) is 1.11. The Hall–Kier alpha value is -2.22. The highest BCUT2D eigenvalue weighted by Gasteiger charge is 2.19. The molecule has 0 saturated carbocycles. The lowest BCUT2D eigenvalue weighted by molar-refractivity contribution is 0.807. The summed E-state index contributed by atoms with van der Waals surface area (Å²) in [4.78, 5) is 2.31. The Balaban J connectivity index is 0.000000236. The van der Waals surface area contributed by atoms with E-state index < -0.39 is 0 Å². The number of rotatable bonds is 3. The van der Waals surface area contributed by atoms with Crippen molar-refractivity contribution in [3.8, 4) is 0 Å². The molecule has 0 unspecified atom stereocenters. The maximum absolute atomic E-state index is 3.25. The Morgan fingerprint density at radius 2 is 1.32 bits per heavy atom. The Bertz CT molecular complexity index is 667. The fourth-order valence-electron chi connectivity index (χ4n) is 3.01. The number of para-hydroxylation sites is 1. The number of aryl methyl sites for hydroxylation is 2. The highest BCUT2D eigenvalue weighted by Crippen LogP contribution is 2.35. The van der Waals surface area contributed by atoms with E-state index in [-0.39, 0.29) is 0 Å². The quantitative estimate of drug-likeness (QED) is 0.731. The first-order valence-corrected chi connectivity index (χ1v) is 9.23. The molecular weight excluding hydrogens is 304 g/mol. The normalized spacial score (nSPS) is 13.0. The van der Waals surface area contributed by atoms with E-state index in [0.717, 1.165) is 6.67 Å². The molecule has 2 aromatic carbocycles. The molecule has 1 aliphatic rings. The van der Waals surface area contributed by atoms with Crippen LogP contribution >= 0.6 is 0 Å². The average molecular weight is 337 g/mol. The molecule has 0 bridgehead atoms. The summed E-state index contributed by atoms with van der Waals surface area (Å²) in [5, 5.41) is 3.25. The smallest absolute Gasteiger partial charge is 0.0916 e. The molecular formula is C23H32N2. The molecule has 0 saturated heterocycles. The summed E-state index contributed by atoms with van der Waals surface area (Å²) < 4.78 is 0. The van der Waals surface area contributed by atoms with Gasteiger partial charge in [-0.2, -0.15) is 0 Å². The first kappa shape index (κ1) is 19.1. The summed E-state index contributed by atoms with van der Waals surface area (Å²) in [7, 11) is 0. The van der Waals surface area contributed by atoms with Crippen molar-refractivity contribution in [1.82, 2.24) is 5.32 Å². The summed E-state index contributed by atoms with van der Waals surface area (Å²) >= 11 is 0. The third-order valence-electron chi connectivity index (χ3n) is 4.69. The number of nitrogens with zero attached hydrogens (tertiary/aromatic N) is 1. The summed E-state index contributed by atoms with van der Waals surface area (Å²) in [5.41, 5.74) is 6.99. The van der Waals surface area contributed by atoms with E-state index in [0.29, 0.717) is 11.8 Å². The molecule has 0 spiro atoms. The van der Waals surface area contributed by atoms with Gasteiger partial charge in [0.05, 0.1) is 6.67 Å². The van der Waals surface area contributed by atoms with Crippen molar-refractivity contribution < 1.29 is 0 Å². The van der Waals surface area contributed by atoms with Crippen LogP contribution in [0, 0.1) is 13.8 Å². The van der Waals surface area contributed by atoms with Gasteiger partial charge in [0.15, 0.2) is 0 Å². The summed E-state index contributed by atoms with van der Waals surface area (Å²) in [6, 6.07) is 15.0. The van der Waals surface area contributed by atoms with Crippen LogP contribution in [0.1, 0.15) is 61.8 Å². The number of nitrogens with one attached hydrogen (secondary N) is 1. The topological polar surface area (TPSA) is 15.3 Å². The predicted molar refractivity (Wildman–Crippen MR) is 110 cm³/mol. The van der Waals surface area contributed by atoms with Gasteiger partial charge in [-0.25, -0.2) is 0 Å². The van der Waals surface area contributed by atoms with Gasteiger partial charge in [0, 0.05) is 18.1 Å². The van der Waals surface area contributed by atoms with Crippen molar-refractivity contribution in [2.45, 2.75) is 53.4 Å². The monoisotopic (exact) mass is 336 g/mol. The predicted octanol–water partition coefficient (Wildman–Crippen LogP) is 6.08. The van der Waals surface area contributed by atoms with Crippen molar-refractivity contribution in [2.75, 3.05) is 11.6 Å². The lowest BCUT2D eigenvalue weighted by Gasteiger charge is -2.26. The van der Waals surface area contributed by atoms with Crippen LogP contribution in [0.3, 0.4) is 0 Å². The van der Waals surface area contributed by atoms with Gasteiger partial charge in [-0.3, -0.25) is 0 Å². The second-order valence-electron chi connectivity index (χ2n) is 7.33. The third-order valence-corrected chi connectivity index (χ3v) is 4.69. The van der Waals surface area contributed by atoms with Gasteiger partial charge in [0.1, 0.15) is 0 Å². The van der Waals surface area contributed by atoms with Crippen LogP contribution < -0.4 is 10.2 Å². The van der Waals surface area contributed by atoms with Crippen molar-refractivity contribution in [1.29, 1.82) is 0 Å². The Morgan fingerprint density at radius 1 is 0.800 bits per heavy atom. The highest BCUT2D eigenvalue weighted by molar-refractivity contribution is 5.64. The maximum atomic E-state index is 3.25.